The van der Waals surface area contributed by atoms with E-state index in [-0.39, 0.29) is 11.5 Å². The van der Waals surface area contributed by atoms with Crippen molar-refractivity contribution in [2.24, 2.45) is 11.1 Å². The average molecular weight is 292 g/mol. The molecule has 1 aromatic rings. The number of anilines is 1. The van der Waals surface area contributed by atoms with Gasteiger partial charge in [-0.3, -0.25) is 4.79 Å². The van der Waals surface area contributed by atoms with Gasteiger partial charge < -0.3 is 15.8 Å². The number of amides is 1. The van der Waals surface area contributed by atoms with E-state index in [2.05, 4.69) is 5.32 Å². The maximum Gasteiger partial charge on any atom is 0.231 e. The molecule has 3 N–H and O–H groups in total. The highest BCUT2D eigenvalue weighted by molar-refractivity contribution is 5.95. The summed E-state index contributed by atoms with van der Waals surface area (Å²) in [4.78, 5) is 12.4. The number of ether oxygens (including phenoxy) is 1. The molecule has 4 nitrogen and oxygen atoms in total. The van der Waals surface area contributed by atoms with Gasteiger partial charge in [-0.1, -0.05) is 13.8 Å². The second kappa shape index (κ2) is 6.94. The molecule has 0 atom stereocenters. The standard InChI is InChI=1S/C17H28N2O2/c1-6-17(7-2,12-18)15(20)19-13-8-10-14(11-9-13)21-16(3,4)5/h8-11H,6-7,12,18H2,1-5H3,(H,19,20). The van der Waals surface area contributed by atoms with Crippen molar-refractivity contribution in [2.45, 2.75) is 53.1 Å². The molecule has 0 fully saturated rings. The Morgan fingerprint density at radius 1 is 1.14 bits per heavy atom. The number of benzene rings is 1. The topological polar surface area (TPSA) is 64.4 Å². The normalized spacial score (nSPS) is 12.1. The number of nitrogens with one attached hydrogen (secondary N) is 1. The number of hydrogen-bond acceptors (Lipinski definition) is 3. The third-order valence-corrected chi connectivity index (χ3v) is 3.76. The van der Waals surface area contributed by atoms with E-state index in [9.17, 15) is 4.79 Å². The molecule has 0 aromatic heterocycles. The van der Waals surface area contributed by atoms with Crippen LogP contribution in [0.25, 0.3) is 0 Å². The first kappa shape index (κ1) is 17.5. The fourth-order valence-corrected chi connectivity index (χ4v) is 2.18. The minimum Gasteiger partial charge on any atom is -0.488 e. The lowest BCUT2D eigenvalue weighted by molar-refractivity contribution is -0.125. The Kier molecular flexibility index (Phi) is 5.78. The van der Waals surface area contributed by atoms with Gasteiger partial charge in [0, 0.05) is 12.2 Å². The summed E-state index contributed by atoms with van der Waals surface area (Å²) in [7, 11) is 0. The zero-order chi connectivity index (χ0) is 16.1. The molecule has 1 rings (SSSR count). The lowest BCUT2D eigenvalue weighted by atomic mass is 9.81. The van der Waals surface area contributed by atoms with Crippen molar-refractivity contribution in [1.82, 2.24) is 0 Å². The zero-order valence-electron chi connectivity index (χ0n) is 13.8. The first-order chi connectivity index (χ1) is 9.76. The SMILES string of the molecule is CCC(CC)(CN)C(=O)Nc1ccc(OC(C)(C)C)cc1. The Morgan fingerprint density at radius 2 is 1.67 bits per heavy atom. The Hall–Kier alpha value is -1.55. The van der Waals surface area contributed by atoms with E-state index in [1.807, 2.05) is 58.9 Å². The number of hydrogen-bond donors (Lipinski definition) is 2. The van der Waals surface area contributed by atoms with Gasteiger partial charge in [0.2, 0.25) is 5.91 Å². The molecule has 0 aliphatic heterocycles. The molecule has 0 spiro atoms. The predicted octanol–water partition coefficient (Wildman–Crippen LogP) is 3.57. The highest BCUT2D eigenvalue weighted by Gasteiger charge is 2.33. The highest BCUT2D eigenvalue weighted by atomic mass is 16.5. The first-order valence-electron chi connectivity index (χ1n) is 7.57. The van der Waals surface area contributed by atoms with Gasteiger partial charge >= 0.3 is 0 Å². The summed E-state index contributed by atoms with van der Waals surface area (Å²) in [5.41, 5.74) is 5.84. The van der Waals surface area contributed by atoms with Crippen LogP contribution in [0.3, 0.4) is 0 Å². The van der Waals surface area contributed by atoms with Crippen LogP contribution >= 0.6 is 0 Å². The van der Waals surface area contributed by atoms with Crippen LogP contribution in [0.5, 0.6) is 5.75 Å². The summed E-state index contributed by atoms with van der Waals surface area (Å²) in [5, 5.41) is 2.95. The number of carbonyl (C=O) groups is 1. The first-order valence-corrected chi connectivity index (χ1v) is 7.57. The van der Waals surface area contributed by atoms with Crippen molar-refractivity contribution in [3.05, 3.63) is 24.3 Å². The lowest BCUT2D eigenvalue weighted by Gasteiger charge is -2.28. The lowest BCUT2D eigenvalue weighted by Crippen LogP contribution is -2.41. The van der Waals surface area contributed by atoms with E-state index >= 15 is 0 Å². The van der Waals surface area contributed by atoms with Crippen LogP contribution in [0, 0.1) is 5.41 Å². The Balaban J connectivity index is 2.78. The van der Waals surface area contributed by atoms with Gasteiger partial charge in [-0.15, -0.1) is 0 Å². The summed E-state index contributed by atoms with van der Waals surface area (Å²) in [5.74, 6) is 0.774. The minimum absolute atomic E-state index is 0.0144. The van der Waals surface area contributed by atoms with Crippen molar-refractivity contribution in [2.75, 3.05) is 11.9 Å². The van der Waals surface area contributed by atoms with Gasteiger partial charge in [-0.25, -0.2) is 0 Å². The summed E-state index contributed by atoms with van der Waals surface area (Å²) in [6.45, 7) is 10.4. The molecule has 0 radical (unpaired) electrons. The number of nitrogens with two attached hydrogens (primary N) is 1. The molecule has 0 aliphatic carbocycles. The quantitative estimate of drug-likeness (QED) is 0.842. The molecule has 1 amide bonds. The molecule has 0 unspecified atom stereocenters. The van der Waals surface area contributed by atoms with Gasteiger partial charge in [-0.2, -0.15) is 0 Å². The molecule has 0 saturated heterocycles. The molecule has 0 aliphatic rings. The zero-order valence-corrected chi connectivity index (χ0v) is 13.8. The molecular formula is C17H28N2O2. The molecule has 4 heteroatoms. The Labute approximate surface area is 128 Å². The van der Waals surface area contributed by atoms with E-state index in [1.165, 1.54) is 0 Å². The molecule has 1 aromatic carbocycles. The van der Waals surface area contributed by atoms with E-state index in [1.54, 1.807) is 0 Å². The summed E-state index contributed by atoms with van der Waals surface area (Å²) >= 11 is 0. The van der Waals surface area contributed by atoms with Crippen LogP contribution in [0.4, 0.5) is 5.69 Å². The maximum atomic E-state index is 12.4. The van der Waals surface area contributed by atoms with Crippen molar-refractivity contribution >= 4 is 11.6 Å². The summed E-state index contributed by atoms with van der Waals surface area (Å²) in [6, 6.07) is 7.43. The van der Waals surface area contributed by atoms with Gasteiger partial charge in [0.1, 0.15) is 11.4 Å². The largest absolute Gasteiger partial charge is 0.488 e. The second-order valence-corrected chi connectivity index (χ2v) is 6.38. The van der Waals surface area contributed by atoms with Gasteiger partial charge in [0.05, 0.1) is 5.41 Å². The molecule has 0 bridgehead atoms. The fourth-order valence-electron chi connectivity index (χ4n) is 2.18. The fraction of sp³-hybridized carbons (Fsp3) is 0.588. The third kappa shape index (κ3) is 4.74. The van der Waals surface area contributed by atoms with E-state index in [0.29, 0.717) is 6.54 Å². The maximum absolute atomic E-state index is 12.4. The van der Waals surface area contributed by atoms with Crippen LogP contribution in [0.2, 0.25) is 0 Å². The molecule has 118 valence electrons. The molecule has 21 heavy (non-hydrogen) atoms. The van der Waals surface area contributed by atoms with Crippen molar-refractivity contribution in [3.8, 4) is 5.75 Å². The van der Waals surface area contributed by atoms with Crippen LogP contribution in [0.1, 0.15) is 47.5 Å². The van der Waals surface area contributed by atoms with E-state index in [0.717, 1.165) is 24.3 Å². The van der Waals surface area contributed by atoms with Crippen molar-refractivity contribution in [1.29, 1.82) is 0 Å². The monoisotopic (exact) mass is 292 g/mol. The smallest absolute Gasteiger partial charge is 0.231 e. The third-order valence-electron chi connectivity index (χ3n) is 3.76. The van der Waals surface area contributed by atoms with E-state index in [4.69, 9.17) is 10.5 Å². The predicted molar refractivity (Wildman–Crippen MR) is 87.5 cm³/mol. The number of rotatable bonds is 6. The molecule has 0 saturated carbocycles. The van der Waals surface area contributed by atoms with Crippen molar-refractivity contribution in [3.63, 3.8) is 0 Å². The molecular weight excluding hydrogens is 264 g/mol. The van der Waals surface area contributed by atoms with Crippen LogP contribution in [-0.2, 0) is 4.79 Å². The highest BCUT2D eigenvalue weighted by Crippen LogP contribution is 2.27. The Bertz CT molecular complexity index is 448. The van der Waals surface area contributed by atoms with Gasteiger partial charge in [0.15, 0.2) is 0 Å². The number of carbonyl (C=O) groups excluding carboxylic acids is 1. The van der Waals surface area contributed by atoms with Crippen LogP contribution in [0.15, 0.2) is 24.3 Å². The van der Waals surface area contributed by atoms with E-state index < -0.39 is 5.41 Å². The van der Waals surface area contributed by atoms with Crippen LogP contribution in [-0.4, -0.2) is 18.1 Å². The van der Waals surface area contributed by atoms with Gasteiger partial charge in [0.25, 0.3) is 0 Å². The van der Waals surface area contributed by atoms with Gasteiger partial charge in [-0.05, 0) is 57.9 Å². The van der Waals surface area contributed by atoms with Crippen molar-refractivity contribution < 1.29 is 9.53 Å². The summed E-state index contributed by atoms with van der Waals surface area (Å²) < 4.78 is 5.76. The Morgan fingerprint density at radius 3 is 2.05 bits per heavy atom. The van der Waals surface area contributed by atoms with Crippen LogP contribution < -0.4 is 15.8 Å². The summed E-state index contributed by atoms with van der Waals surface area (Å²) in [6.07, 6.45) is 1.47. The average Bonchev–Trinajstić information content (AvgIpc) is 2.42. The molecule has 0 heterocycles. The second-order valence-electron chi connectivity index (χ2n) is 6.38. The minimum atomic E-state index is -0.486.